The fourth-order valence-corrected chi connectivity index (χ4v) is 1.65. The molecule has 11 heteroatoms. The van der Waals surface area contributed by atoms with Gasteiger partial charge in [-0.25, -0.2) is 22.7 Å². The first-order valence-electron chi connectivity index (χ1n) is 5.55. The first kappa shape index (κ1) is 18.1. The fourth-order valence-electron chi connectivity index (χ4n) is 1.13. The van der Waals surface area contributed by atoms with Crippen molar-refractivity contribution in [1.29, 1.82) is 0 Å². The van der Waals surface area contributed by atoms with Gasteiger partial charge in [0, 0.05) is 13.1 Å². The molecule has 0 aliphatic rings. The Labute approximate surface area is 115 Å². The Morgan fingerprint density at radius 2 is 1.75 bits per heavy atom. The molecule has 0 aromatic heterocycles. The quantitative estimate of drug-likeness (QED) is 0.312. The van der Waals surface area contributed by atoms with Crippen molar-refractivity contribution in [3.05, 3.63) is 0 Å². The predicted molar refractivity (Wildman–Crippen MR) is 67.7 cm³/mol. The molecule has 0 fully saturated rings. The molecule has 0 aliphatic carbocycles. The minimum absolute atomic E-state index is 0.105. The molecule has 0 radical (unpaired) electrons. The van der Waals surface area contributed by atoms with E-state index in [0.29, 0.717) is 6.42 Å². The van der Waals surface area contributed by atoms with E-state index in [1.165, 1.54) is 0 Å². The lowest BCUT2D eigenvalue weighted by Gasteiger charge is -2.13. The molecule has 1 atom stereocenters. The first-order valence-corrected chi connectivity index (χ1v) is 7.44. The normalized spacial score (nSPS) is 12.4. The van der Waals surface area contributed by atoms with E-state index in [4.69, 9.17) is 10.2 Å². The topological polar surface area (TPSA) is 162 Å². The van der Waals surface area contributed by atoms with Crippen LogP contribution in [0.4, 0.5) is 4.79 Å². The van der Waals surface area contributed by atoms with Crippen molar-refractivity contribution in [3.63, 3.8) is 0 Å². The summed E-state index contributed by atoms with van der Waals surface area (Å²) in [6, 6.07) is -2.36. The first-order chi connectivity index (χ1) is 9.11. The van der Waals surface area contributed by atoms with E-state index >= 15 is 0 Å². The van der Waals surface area contributed by atoms with Crippen LogP contribution < -0.4 is 15.4 Å². The molecule has 0 aromatic rings. The Balaban J connectivity index is 3.97. The zero-order chi connectivity index (χ0) is 15.8. The lowest BCUT2D eigenvalue weighted by molar-refractivity contribution is -0.145. The molecule has 0 saturated carbocycles. The minimum atomic E-state index is -3.29. The van der Waals surface area contributed by atoms with Crippen LogP contribution in [0, 0.1) is 0 Å². The zero-order valence-corrected chi connectivity index (χ0v) is 11.6. The summed E-state index contributed by atoms with van der Waals surface area (Å²) in [4.78, 5) is 32.3. The molecule has 10 nitrogen and oxygen atoms in total. The van der Waals surface area contributed by atoms with Gasteiger partial charge in [-0.1, -0.05) is 0 Å². The Morgan fingerprint density at radius 1 is 1.15 bits per heavy atom. The van der Waals surface area contributed by atoms with Crippen LogP contribution in [-0.2, 0) is 19.6 Å². The number of sulfonamides is 1. The number of aliphatic carboxylic acids is 2. The molecule has 0 bridgehead atoms. The predicted octanol–water partition coefficient (Wildman–Crippen LogP) is -1.85. The van der Waals surface area contributed by atoms with E-state index in [1.54, 1.807) is 0 Å². The van der Waals surface area contributed by atoms with Gasteiger partial charge in [-0.2, -0.15) is 0 Å². The number of carboxylic acid groups (broad SMARTS) is 2. The average Bonchev–Trinajstić information content (AvgIpc) is 2.25. The van der Waals surface area contributed by atoms with Gasteiger partial charge in [0.1, 0.15) is 6.04 Å². The van der Waals surface area contributed by atoms with Crippen LogP contribution in [0.2, 0.25) is 0 Å². The number of amides is 2. The van der Waals surface area contributed by atoms with Gasteiger partial charge < -0.3 is 20.8 Å². The Morgan fingerprint density at radius 3 is 2.20 bits per heavy atom. The second-order valence-corrected chi connectivity index (χ2v) is 5.74. The highest BCUT2D eigenvalue weighted by Gasteiger charge is 2.22. The number of hydrogen-bond acceptors (Lipinski definition) is 5. The molecule has 0 saturated heterocycles. The van der Waals surface area contributed by atoms with E-state index in [1.807, 2.05) is 5.32 Å². The van der Waals surface area contributed by atoms with Crippen LogP contribution in [0.15, 0.2) is 0 Å². The largest absolute Gasteiger partial charge is 0.481 e. The number of nitrogens with one attached hydrogen (secondary N) is 3. The summed E-state index contributed by atoms with van der Waals surface area (Å²) in [5.41, 5.74) is 0. The van der Waals surface area contributed by atoms with E-state index in [2.05, 4.69) is 10.0 Å². The second-order valence-electron chi connectivity index (χ2n) is 3.91. The minimum Gasteiger partial charge on any atom is -0.481 e. The van der Waals surface area contributed by atoms with Gasteiger partial charge in [-0.15, -0.1) is 0 Å². The number of hydrogen-bond donors (Lipinski definition) is 5. The maximum Gasteiger partial charge on any atom is 0.326 e. The van der Waals surface area contributed by atoms with Crippen LogP contribution in [0.1, 0.15) is 12.8 Å². The van der Waals surface area contributed by atoms with Crippen molar-refractivity contribution in [2.45, 2.75) is 18.9 Å². The molecule has 0 aromatic carbocycles. The van der Waals surface area contributed by atoms with Gasteiger partial charge in [0.05, 0.1) is 12.7 Å². The molecule has 116 valence electrons. The van der Waals surface area contributed by atoms with E-state index < -0.39 is 40.5 Å². The van der Waals surface area contributed by atoms with Gasteiger partial charge in [-0.05, 0) is 6.42 Å². The molecule has 0 aliphatic heterocycles. The molecular weight excluding hydrogens is 294 g/mol. The van der Waals surface area contributed by atoms with Crippen molar-refractivity contribution >= 4 is 28.0 Å². The van der Waals surface area contributed by atoms with E-state index in [0.717, 1.165) is 6.26 Å². The highest BCUT2D eigenvalue weighted by molar-refractivity contribution is 7.88. The molecule has 5 N–H and O–H groups in total. The lowest BCUT2D eigenvalue weighted by atomic mass is 10.2. The summed E-state index contributed by atoms with van der Waals surface area (Å²) in [5.74, 6) is -2.81. The second kappa shape index (κ2) is 8.32. The molecular formula is C9H17N3O7S. The van der Waals surface area contributed by atoms with E-state index in [9.17, 15) is 22.8 Å². The molecule has 0 unspecified atom stereocenters. The van der Waals surface area contributed by atoms with Gasteiger partial charge in [0.15, 0.2) is 0 Å². The monoisotopic (exact) mass is 311 g/mol. The number of rotatable bonds is 9. The molecule has 0 spiro atoms. The fraction of sp³-hybridized carbons (Fsp3) is 0.667. The third-order valence-electron chi connectivity index (χ3n) is 1.99. The van der Waals surface area contributed by atoms with E-state index in [-0.39, 0.29) is 13.1 Å². The van der Waals surface area contributed by atoms with Crippen molar-refractivity contribution in [2.75, 3.05) is 19.3 Å². The highest BCUT2D eigenvalue weighted by Crippen LogP contribution is 1.92. The van der Waals surface area contributed by atoms with Crippen molar-refractivity contribution in [1.82, 2.24) is 15.4 Å². The Hall–Kier alpha value is -1.88. The summed E-state index contributed by atoms with van der Waals surface area (Å²) >= 11 is 0. The average molecular weight is 311 g/mol. The Kier molecular flexibility index (Phi) is 7.54. The summed E-state index contributed by atoms with van der Waals surface area (Å²) in [7, 11) is -3.29. The highest BCUT2D eigenvalue weighted by atomic mass is 32.2. The summed E-state index contributed by atoms with van der Waals surface area (Å²) in [5, 5.41) is 21.4. The van der Waals surface area contributed by atoms with Crippen LogP contribution in [-0.4, -0.2) is 62.0 Å². The van der Waals surface area contributed by atoms with Gasteiger partial charge >= 0.3 is 18.0 Å². The van der Waals surface area contributed by atoms with Crippen LogP contribution in [0.3, 0.4) is 0 Å². The third-order valence-corrected chi connectivity index (χ3v) is 2.71. The smallest absolute Gasteiger partial charge is 0.326 e. The van der Waals surface area contributed by atoms with Crippen molar-refractivity contribution < 1.29 is 33.0 Å². The van der Waals surface area contributed by atoms with Gasteiger partial charge in [0.2, 0.25) is 10.0 Å². The third kappa shape index (κ3) is 10.1. The Bertz CT molecular complexity index is 462. The zero-order valence-electron chi connectivity index (χ0n) is 10.7. The maximum absolute atomic E-state index is 11.3. The van der Waals surface area contributed by atoms with Crippen molar-refractivity contribution in [3.8, 4) is 0 Å². The maximum atomic E-state index is 11.3. The number of carbonyl (C=O) groups excluding carboxylic acids is 1. The molecule has 2 amide bonds. The van der Waals surface area contributed by atoms with Gasteiger partial charge in [0.25, 0.3) is 0 Å². The summed E-state index contributed by atoms with van der Waals surface area (Å²) in [6.45, 7) is 0.227. The summed E-state index contributed by atoms with van der Waals surface area (Å²) < 4.78 is 23.6. The van der Waals surface area contributed by atoms with Crippen LogP contribution in [0.25, 0.3) is 0 Å². The summed E-state index contributed by atoms with van der Waals surface area (Å²) in [6.07, 6.45) is 0.562. The van der Waals surface area contributed by atoms with Gasteiger partial charge in [-0.3, -0.25) is 4.79 Å². The molecule has 0 rings (SSSR count). The SMILES string of the molecule is CS(=O)(=O)NCCCNC(=O)N[C@H](CC(=O)O)C(=O)O. The standard InChI is InChI=1S/C9H17N3O7S/c1-20(18,19)11-4-2-3-10-9(17)12-6(8(15)16)5-7(13)14/h6,11H,2-5H2,1H3,(H,13,14)(H,15,16)(H2,10,12,17)/t6-/m1/s1. The van der Waals surface area contributed by atoms with Crippen molar-refractivity contribution in [2.24, 2.45) is 0 Å². The number of urea groups is 1. The number of carboxylic acids is 2. The molecule has 20 heavy (non-hydrogen) atoms. The lowest BCUT2D eigenvalue weighted by Crippen LogP contribution is -2.47. The van der Waals surface area contributed by atoms with Crippen LogP contribution in [0.5, 0.6) is 0 Å². The number of carbonyl (C=O) groups is 3. The van der Waals surface area contributed by atoms with Crippen LogP contribution >= 0.6 is 0 Å². The molecule has 0 heterocycles.